The molecule has 1 saturated heterocycles. The molecule has 0 unspecified atom stereocenters. The minimum atomic E-state index is 0.459. The molecule has 1 aliphatic rings. The molecule has 1 heterocycles. The first-order chi connectivity index (χ1) is 10.3. The molecular weight excluding hydrogens is 303 g/mol. The first kappa shape index (κ1) is 14.6. The highest BCUT2D eigenvalue weighted by molar-refractivity contribution is 6.32. The van der Waals surface area contributed by atoms with E-state index in [-0.39, 0.29) is 0 Å². The molecule has 21 heavy (non-hydrogen) atoms. The molecule has 0 N–H and O–H groups in total. The Morgan fingerprint density at radius 3 is 2.00 bits per heavy atom. The summed E-state index contributed by atoms with van der Waals surface area (Å²) in [4.78, 5) is 4.80. The van der Waals surface area contributed by atoms with Crippen molar-refractivity contribution in [2.75, 3.05) is 36.0 Å². The van der Waals surface area contributed by atoms with Gasteiger partial charge in [-0.1, -0.05) is 35.9 Å². The van der Waals surface area contributed by atoms with Gasteiger partial charge in [0.05, 0.1) is 0 Å². The molecular formula is C17H18Cl2N2. The van der Waals surface area contributed by atoms with E-state index >= 15 is 0 Å². The molecule has 3 rings (SSSR count). The van der Waals surface area contributed by atoms with E-state index in [4.69, 9.17) is 23.2 Å². The molecule has 2 aromatic rings. The molecule has 0 bridgehead atoms. The van der Waals surface area contributed by atoms with Gasteiger partial charge >= 0.3 is 0 Å². The van der Waals surface area contributed by atoms with Crippen molar-refractivity contribution < 1.29 is 0 Å². The Balaban J connectivity index is 1.67. The Hall–Kier alpha value is -1.38. The van der Waals surface area contributed by atoms with Crippen molar-refractivity contribution in [3.63, 3.8) is 0 Å². The average molecular weight is 321 g/mol. The minimum Gasteiger partial charge on any atom is -0.368 e. The highest BCUT2D eigenvalue weighted by Gasteiger charge is 2.17. The van der Waals surface area contributed by atoms with Crippen LogP contribution in [0.4, 0.5) is 11.4 Å². The number of benzene rings is 2. The van der Waals surface area contributed by atoms with Gasteiger partial charge in [0, 0.05) is 48.5 Å². The van der Waals surface area contributed by atoms with Gasteiger partial charge in [0.1, 0.15) is 0 Å². The first-order valence-electron chi connectivity index (χ1n) is 7.17. The lowest BCUT2D eigenvalue weighted by molar-refractivity contribution is 0.653. The van der Waals surface area contributed by atoms with Crippen LogP contribution in [0, 0.1) is 0 Å². The summed E-state index contributed by atoms with van der Waals surface area (Å²) in [5.41, 5.74) is 3.47. The number of rotatable bonds is 3. The molecule has 0 saturated carbocycles. The van der Waals surface area contributed by atoms with E-state index < -0.39 is 0 Å². The molecule has 0 amide bonds. The van der Waals surface area contributed by atoms with Gasteiger partial charge in [-0.05, 0) is 29.8 Å². The summed E-state index contributed by atoms with van der Waals surface area (Å²) in [6.07, 6.45) is 0. The molecule has 4 heteroatoms. The van der Waals surface area contributed by atoms with E-state index in [9.17, 15) is 0 Å². The SMILES string of the molecule is ClCc1ccc(N2CCN(c3ccccc3)CC2)cc1Cl. The van der Waals surface area contributed by atoms with Crippen LogP contribution in [0.2, 0.25) is 5.02 Å². The van der Waals surface area contributed by atoms with E-state index in [0.29, 0.717) is 5.88 Å². The minimum absolute atomic E-state index is 0.459. The molecule has 0 aliphatic carbocycles. The van der Waals surface area contributed by atoms with Gasteiger partial charge in [-0.25, -0.2) is 0 Å². The van der Waals surface area contributed by atoms with Gasteiger partial charge in [-0.3, -0.25) is 0 Å². The van der Waals surface area contributed by atoms with Crippen molar-refractivity contribution >= 4 is 34.6 Å². The standard InChI is InChI=1S/C17H18Cl2N2/c18-13-14-6-7-16(12-17(14)19)21-10-8-20(9-11-21)15-4-2-1-3-5-15/h1-7,12H,8-11,13H2. The Bertz CT molecular complexity index is 593. The largest absolute Gasteiger partial charge is 0.368 e. The van der Waals surface area contributed by atoms with Crippen LogP contribution in [0.25, 0.3) is 0 Å². The predicted octanol–water partition coefficient (Wildman–Crippen LogP) is 4.41. The van der Waals surface area contributed by atoms with Crippen molar-refractivity contribution in [2.24, 2.45) is 0 Å². The normalized spacial score (nSPS) is 15.3. The molecule has 0 radical (unpaired) electrons. The fourth-order valence-corrected chi connectivity index (χ4v) is 3.25. The summed E-state index contributed by atoms with van der Waals surface area (Å²) in [6.45, 7) is 4.06. The van der Waals surface area contributed by atoms with E-state index in [2.05, 4.69) is 46.2 Å². The van der Waals surface area contributed by atoms with Crippen molar-refractivity contribution in [2.45, 2.75) is 5.88 Å². The summed E-state index contributed by atoms with van der Waals surface area (Å²) < 4.78 is 0. The maximum absolute atomic E-state index is 6.25. The number of alkyl halides is 1. The van der Waals surface area contributed by atoms with E-state index in [1.54, 1.807) is 0 Å². The summed E-state index contributed by atoms with van der Waals surface area (Å²) in [5, 5.41) is 0.757. The average Bonchev–Trinajstić information content (AvgIpc) is 2.56. The fourth-order valence-electron chi connectivity index (χ4n) is 2.70. The highest BCUT2D eigenvalue weighted by atomic mass is 35.5. The Morgan fingerprint density at radius 1 is 0.810 bits per heavy atom. The Morgan fingerprint density at radius 2 is 1.43 bits per heavy atom. The number of piperazine rings is 1. The van der Waals surface area contributed by atoms with Gasteiger partial charge < -0.3 is 9.80 Å². The maximum Gasteiger partial charge on any atom is 0.0488 e. The summed E-state index contributed by atoms with van der Waals surface area (Å²) in [5.74, 6) is 0.459. The number of halogens is 2. The van der Waals surface area contributed by atoms with Crippen LogP contribution in [0.5, 0.6) is 0 Å². The van der Waals surface area contributed by atoms with Gasteiger partial charge in [0.2, 0.25) is 0 Å². The predicted molar refractivity (Wildman–Crippen MR) is 91.9 cm³/mol. The number of anilines is 2. The van der Waals surface area contributed by atoms with E-state index in [1.807, 2.05) is 12.1 Å². The Kier molecular flexibility index (Phi) is 4.57. The summed E-state index contributed by atoms with van der Waals surface area (Å²) in [7, 11) is 0. The summed E-state index contributed by atoms with van der Waals surface area (Å²) >= 11 is 12.1. The maximum atomic E-state index is 6.25. The van der Waals surface area contributed by atoms with Gasteiger partial charge in [0.15, 0.2) is 0 Å². The highest BCUT2D eigenvalue weighted by Crippen LogP contribution is 2.26. The monoisotopic (exact) mass is 320 g/mol. The molecule has 1 aliphatic heterocycles. The zero-order valence-corrected chi connectivity index (χ0v) is 13.3. The molecule has 0 aromatic heterocycles. The lowest BCUT2D eigenvalue weighted by Gasteiger charge is -2.37. The third-order valence-electron chi connectivity index (χ3n) is 3.95. The number of hydrogen-bond acceptors (Lipinski definition) is 2. The van der Waals surface area contributed by atoms with Crippen LogP contribution in [-0.4, -0.2) is 26.2 Å². The van der Waals surface area contributed by atoms with Crippen molar-refractivity contribution in [3.05, 3.63) is 59.1 Å². The lowest BCUT2D eigenvalue weighted by atomic mass is 10.2. The topological polar surface area (TPSA) is 6.48 Å². The number of para-hydroxylation sites is 1. The van der Waals surface area contributed by atoms with Crippen molar-refractivity contribution in [3.8, 4) is 0 Å². The lowest BCUT2D eigenvalue weighted by Crippen LogP contribution is -2.46. The number of hydrogen-bond donors (Lipinski definition) is 0. The molecule has 2 aromatic carbocycles. The van der Waals surface area contributed by atoms with Crippen LogP contribution < -0.4 is 9.80 Å². The van der Waals surface area contributed by atoms with E-state index in [0.717, 1.165) is 36.8 Å². The smallest absolute Gasteiger partial charge is 0.0488 e. The number of nitrogens with zero attached hydrogens (tertiary/aromatic N) is 2. The Labute approximate surface area is 135 Å². The first-order valence-corrected chi connectivity index (χ1v) is 8.08. The molecule has 110 valence electrons. The van der Waals surface area contributed by atoms with Crippen LogP contribution in [0.15, 0.2) is 48.5 Å². The third kappa shape index (κ3) is 3.28. The molecule has 1 fully saturated rings. The van der Waals surface area contributed by atoms with Crippen LogP contribution in [0.3, 0.4) is 0 Å². The zero-order chi connectivity index (χ0) is 14.7. The van der Waals surface area contributed by atoms with Gasteiger partial charge in [-0.15, -0.1) is 11.6 Å². The van der Waals surface area contributed by atoms with E-state index in [1.165, 1.54) is 11.4 Å². The second-order valence-electron chi connectivity index (χ2n) is 5.22. The van der Waals surface area contributed by atoms with Crippen LogP contribution in [-0.2, 0) is 5.88 Å². The molecule has 0 atom stereocenters. The molecule has 0 spiro atoms. The van der Waals surface area contributed by atoms with Crippen LogP contribution in [0.1, 0.15) is 5.56 Å². The van der Waals surface area contributed by atoms with Crippen LogP contribution >= 0.6 is 23.2 Å². The zero-order valence-electron chi connectivity index (χ0n) is 11.8. The second-order valence-corrected chi connectivity index (χ2v) is 5.89. The third-order valence-corrected chi connectivity index (χ3v) is 4.59. The van der Waals surface area contributed by atoms with Gasteiger partial charge in [0.25, 0.3) is 0 Å². The molecule has 2 nitrogen and oxygen atoms in total. The van der Waals surface area contributed by atoms with Crippen molar-refractivity contribution in [1.82, 2.24) is 0 Å². The fraction of sp³-hybridized carbons (Fsp3) is 0.294. The van der Waals surface area contributed by atoms with Gasteiger partial charge in [-0.2, -0.15) is 0 Å². The second kappa shape index (κ2) is 6.59. The summed E-state index contributed by atoms with van der Waals surface area (Å²) in [6, 6.07) is 16.7. The quantitative estimate of drug-likeness (QED) is 0.773. The van der Waals surface area contributed by atoms with Crippen molar-refractivity contribution in [1.29, 1.82) is 0 Å².